The number of nitrogens with one attached hydrogen (secondary N) is 1. The first-order valence-corrected chi connectivity index (χ1v) is 8.62. The van der Waals surface area contributed by atoms with Crippen LogP contribution in [0.2, 0.25) is 0 Å². The summed E-state index contributed by atoms with van der Waals surface area (Å²) in [4.78, 5) is 21.2. The Labute approximate surface area is 156 Å². The van der Waals surface area contributed by atoms with Crippen LogP contribution >= 0.6 is 0 Å². The van der Waals surface area contributed by atoms with Crippen LogP contribution in [-0.4, -0.2) is 36.8 Å². The maximum atomic E-state index is 12.5. The van der Waals surface area contributed by atoms with Gasteiger partial charge in [-0.15, -0.1) is 0 Å². The summed E-state index contributed by atoms with van der Waals surface area (Å²) in [5.74, 6) is 0.661. The lowest BCUT2D eigenvalue weighted by Gasteiger charge is -2.10. The van der Waals surface area contributed by atoms with Gasteiger partial charge in [0.1, 0.15) is 5.69 Å². The first-order chi connectivity index (χ1) is 13.3. The molecule has 1 aromatic carbocycles. The van der Waals surface area contributed by atoms with Crippen molar-refractivity contribution in [3.05, 3.63) is 85.1 Å². The molecule has 0 aliphatic rings. The topological polar surface area (TPSA) is 77.6 Å². The Balaban J connectivity index is 1.40. The van der Waals surface area contributed by atoms with Crippen molar-refractivity contribution in [2.75, 3.05) is 6.54 Å². The van der Waals surface area contributed by atoms with E-state index in [1.165, 1.54) is 0 Å². The monoisotopic (exact) mass is 358 g/mol. The van der Waals surface area contributed by atoms with Crippen LogP contribution in [0.4, 0.5) is 0 Å². The number of aromatic nitrogens is 5. The van der Waals surface area contributed by atoms with Gasteiger partial charge in [-0.1, -0.05) is 12.1 Å². The molecule has 0 fully saturated rings. The van der Waals surface area contributed by atoms with Crippen LogP contribution in [0.15, 0.2) is 79.5 Å². The van der Waals surface area contributed by atoms with Gasteiger partial charge in [-0.25, -0.2) is 9.67 Å². The lowest BCUT2D eigenvalue weighted by molar-refractivity contribution is 0.0952. The van der Waals surface area contributed by atoms with Gasteiger partial charge in [0.05, 0.1) is 5.69 Å². The minimum Gasteiger partial charge on any atom is -0.350 e. The molecule has 4 aromatic rings. The van der Waals surface area contributed by atoms with Crippen molar-refractivity contribution in [1.29, 1.82) is 0 Å². The van der Waals surface area contributed by atoms with Gasteiger partial charge in [0, 0.05) is 49.6 Å². The second-order valence-electron chi connectivity index (χ2n) is 5.92. The lowest BCUT2D eigenvalue weighted by atomic mass is 10.2. The molecule has 0 saturated carbocycles. The third-order valence-corrected chi connectivity index (χ3v) is 4.13. The molecule has 3 aromatic heterocycles. The number of pyridine rings is 1. The Hall–Kier alpha value is -3.74. The zero-order valence-electron chi connectivity index (χ0n) is 14.6. The number of carbonyl (C=O) groups excluding carboxylic acids is 1. The molecule has 0 radical (unpaired) electrons. The number of rotatable bonds is 6. The molecule has 0 atom stereocenters. The van der Waals surface area contributed by atoms with Crippen LogP contribution in [0.25, 0.3) is 17.2 Å². The molecule has 0 saturated heterocycles. The molecule has 7 heteroatoms. The van der Waals surface area contributed by atoms with Gasteiger partial charge < -0.3 is 9.88 Å². The number of hydrogen-bond acceptors (Lipinski definition) is 4. The van der Waals surface area contributed by atoms with Crippen LogP contribution < -0.4 is 5.32 Å². The second-order valence-corrected chi connectivity index (χ2v) is 5.92. The van der Waals surface area contributed by atoms with E-state index in [0.29, 0.717) is 18.7 Å². The number of nitrogens with zero attached hydrogens (tertiary/aromatic N) is 5. The van der Waals surface area contributed by atoms with Gasteiger partial charge in [-0.2, -0.15) is 5.10 Å². The third-order valence-electron chi connectivity index (χ3n) is 4.13. The van der Waals surface area contributed by atoms with Crippen molar-refractivity contribution in [3.8, 4) is 17.2 Å². The summed E-state index contributed by atoms with van der Waals surface area (Å²) in [6.45, 7) is 1.09. The van der Waals surface area contributed by atoms with E-state index < -0.39 is 0 Å². The first-order valence-electron chi connectivity index (χ1n) is 8.62. The minimum absolute atomic E-state index is 0.122. The molecule has 0 aliphatic heterocycles. The summed E-state index contributed by atoms with van der Waals surface area (Å²) in [6.07, 6.45) is 8.91. The van der Waals surface area contributed by atoms with Crippen LogP contribution in [-0.2, 0) is 6.54 Å². The number of hydrogen-bond donors (Lipinski definition) is 1. The van der Waals surface area contributed by atoms with Crippen molar-refractivity contribution in [1.82, 2.24) is 29.6 Å². The highest BCUT2D eigenvalue weighted by molar-refractivity contribution is 5.94. The van der Waals surface area contributed by atoms with E-state index in [0.717, 1.165) is 17.2 Å². The van der Waals surface area contributed by atoms with Crippen molar-refractivity contribution in [3.63, 3.8) is 0 Å². The summed E-state index contributed by atoms with van der Waals surface area (Å²) >= 11 is 0. The van der Waals surface area contributed by atoms with Crippen molar-refractivity contribution < 1.29 is 4.79 Å². The largest absolute Gasteiger partial charge is 0.350 e. The highest BCUT2D eigenvalue weighted by Crippen LogP contribution is 2.13. The van der Waals surface area contributed by atoms with E-state index in [9.17, 15) is 4.79 Å². The Bertz CT molecular complexity index is 1020. The molecule has 0 bridgehead atoms. The molecule has 3 heterocycles. The molecule has 0 spiro atoms. The molecule has 0 aliphatic carbocycles. The molecule has 0 unspecified atom stereocenters. The Morgan fingerprint density at radius 1 is 0.963 bits per heavy atom. The van der Waals surface area contributed by atoms with E-state index in [4.69, 9.17) is 0 Å². The lowest BCUT2D eigenvalue weighted by Crippen LogP contribution is -2.27. The highest BCUT2D eigenvalue weighted by atomic mass is 16.1. The number of imidazole rings is 1. The molecule has 4 rings (SSSR count). The number of carbonyl (C=O) groups is 1. The average Bonchev–Trinajstić information content (AvgIpc) is 3.41. The van der Waals surface area contributed by atoms with E-state index in [1.54, 1.807) is 29.3 Å². The van der Waals surface area contributed by atoms with Crippen LogP contribution in [0.1, 0.15) is 10.4 Å². The molecule has 7 nitrogen and oxygen atoms in total. The van der Waals surface area contributed by atoms with E-state index in [1.807, 2.05) is 59.4 Å². The number of amides is 1. The van der Waals surface area contributed by atoms with Crippen molar-refractivity contribution in [2.45, 2.75) is 6.54 Å². The minimum atomic E-state index is -0.122. The fourth-order valence-electron chi connectivity index (χ4n) is 2.82. The van der Waals surface area contributed by atoms with Crippen LogP contribution in [0.5, 0.6) is 0 Å². The maximum Gasteiger partial charge on any atom is 0.251 e. The van der Waals surface area contributed by atoms with Gasteiger partial charge in [0.25, 0.3) is 5.91 Å². The second kappa shape index (κ2) is 7.65. The predicted molar refractivity (Wildman–Crippen MR) is 101 cm³/mol. The van der Waals surface area contributed by atoms with Gasteiger partial charge >= 0.3 is 0 Å². The quantitative estimate of drug-likeness (QED) is 0.575. The van der Waals surface area contributed by atoms with Gasteiger partial charge in [-0.3, -0.25) is 9.78 Å². The molecule has 134 valence electrons. The summed E-state index contributed by atoms with van der Waals surface area (Å²) in [5.41, 5.74) is 2.25. The van der Waals surface area contributed by atoms with Gasteiger partial charge in [0.15, 0.2) is 5.82 Å². The molecule has 1 amide bonds. The van der Waals surface area contributed by atoms with Gasteiger partial charge in [-0.05, 0) is 36.4 Å². The fourth-order valence-corrected chi connectivity index (χ4v) is 2.82. The molecule has 1 N–H and O–H groups in total. The molecule has 27 heavy (non-hydrogen) atoms. The Kier molecular flexibility index (Phi) is 4.74. The number of benzene rings is 1. The summed E-state index contributed by atoms with van der Waals surface area (Å²) in [6, 6.07) is 14.9. The summed E-state index contributed by atoms with van der Waals surface area (Å²) in [7, 11) is 0. The third kappa shape index (κ3) is 3.77. The Morgan fingerprint density at radius 3 is 2.74 bits per heavy atom. The van der Waals surface area contributed by atoms with E-state index >= 15 is 0 Å². The molecular formula is C20H18N6O. The fraction of sp³-hybridized carbons (Fsp3) is 0.100. The maximum absolute atomic E-state index is 12.5. The van der Waals surface area contributed by atoms with Crippen molar-refractivity contribution >= 4 is 5.91 Å². The van der Waals surface area contributed by atoms with E-state index in [-0.39, 0.29) is 5.91 Å². The van der Waals surface area contributed by atoms with Crippen LogP contribution in [0.3, 0.4) is 0 Å². The smallest absolute Gasteiger partial charge is 0.251 e. The SMILES string of the molecule is O=C(NCCn1ccnc1-c1ccccn1)c1cccc(-n2cccn2)c1. The van der Waals surface area contributed by atoms with Gasteiger partial charge in [0.2, 0.25) is 0 Å². The van der Waals surface area contributed by atoms with Crippen molar-refractivity contribution in [2.24, 2.45) is 0 Å². The standard InChI is InChI=1S/C20H18N6O/c27-20(16-5-3-6-17(15-16)26-12-4-9-24-26)23-11-14-25-13-10-22-19(25)18-7-1-2-8-21-18/h1-10,12-13,15H,11,14H2,(H,23,27). The van der Waals surface area contributed by atoms with E-state index in [2.05, 4.69) is 20.4 Å². The zero-order chi connectivity index (χ0) is 18.5. The summed E-state index contributed by atoms with van der Waals surface area (Å²) < 4.78 is 3.70. The predicted octanol–water partition coefficient (Wildman–Crippen LogP) is 2.56. The molecular weight excluding hydrogens is 340 g/mol. The highest BCUT2D eigenvalue weighted by Gasteiger charge is 2.09. The average molecular weight is 358 g/mol. The summed E-state index contributed by atoms with van der Waals surface area (Å²) in [5, 5.41) is 7.14. The Morgan fingerprint density at radius 2 is 1.93 bits per heavy atom. The zero-order valence-corrected chi connectivity index (χ0v) is 14.6. The first kappa shape index (κ1) is 16.7. The van der Waals surface area contributed by atoms with Crippen LogP contribution in [0, 0.1) is 0 Å². The normalized spacial score (nSPS) is 10.7.